The number of carbonyl (C=O) groups excluding carboxylic acids is 1. The molecule has 1 heterocycles. The summed E-state index contributed by atoms with van der Waals surface area (Å²) >= 11 is 0. The molecule has 1 amide bonds. The fourth-order valence-electron chi connectivity index (χ4n) is 3.50. The SMILES string of the molecule is CCN(Cc1ccc(C(=O)Nc2ccc(-c3n[nH]c(C4CC4)n3)cc2)cc1)C(C)C. The number of rotatable bonds is 8. The van der Waals surface area contributed by atoms with Crippen LogP contribution in [0.5, 0.6) is 0 Å². The van der Waals surface area contributed by atoms with E-state index in [1.165, 1.54) is 18.4 Å². The summed E-state index contributed by atoms with van der Waals surface area (Å²) in [5, 5.41) is 10.3. The predicted molar refractivity (Wildman–Crippen MR) is 119 cm³/mol. The topological polar surface area (TPSA) is 73.9 Å². The Morgan fingerprint density at radius 3 is 2.43 bits per heavy atom. The predicted octanol–water partition coefficient (Wildman–Crippen LogP) is 4.83. The molecule has 2 aromatic carbocycles. The molecule has 3 aromatic rings. The summed E-state index contributed by atoms with van der Waals surface area (Å²) in [5.74, 6) is 2.11. The molecule has 0 atom stereocenters. The molecule has 6 nitrogen and oxygen atoms in total. The molecule has 1 fully saturated rings. The van der Waals surface area contributed by atoms with E-state index >= 15 is 0 Å². The summed E-state index contributed by atoms with van der Waals surface area (Å²) in [6.07, 6.45) is 2.38. The Morgan fingerprint density at radius 2 is 1.83 bits per heavy atom. The Bertz CT molecular complexity index is 987. The Balaban J connectivity index is 1.37. The van der Waals surface area contributed by atoms with Gasteiger partial charge < -0.3 is 5.32 Å². The molecule has 0 radical (unpaired) electrons. The number of hydrogen-bond acceptors (Lipinski definition) is 4. The van der Waals surface area contributed by atoms with Gasteiger partial charge in [-0.25, -0.2) is 4.98 Å². The number of nitrogens with one attached hydrogen (secondary N) is 2. The molecule has 1 saturated carbocycles. The molecule has 1 aliphatic carbocycles. The number of nitrogens with zero attached hydrogens (tertiary/aromatic N) is 3. The first kappa shape index (κ1) is 20.3. The van der Waals surface area contributed by atoms with E-state index in [0.29, 0.717) is 23.3 Å². The average Bonchev–Trinajstić information content (AvgIpc) is 3.49. The summed E-state index contributed by atoms with van der Waals surface area (Å²) in [7, 11) is 0. The van der Waals surface area contributed by atoms with Crippen molar-refractivity contribution in [3.05, 3.63) is 65.5 Å². The van der Waals surface area contributed by atoms with Gasteiger partial charge in [0.2, 0.25) is 0 Å². The van der Waals surface area contributed by atoms with Gasteiger partial charge in [0.15, 0.2) is 5.82 Å². The Morgan fingerprint density at radius 1 is 1.13 bits per heavy atom. The summed E-state index contributed by atoms with van der Waals surface area (Å²) in [6.45, 7) is 8.46. The van der Waals surface area contributed by atoms with Crippen LogP contribution in [0.25, 0.3) is 11.4 Å². The largest absolute Gasteiger partial charge is 0.322 e. The molecule has 2 N–H and O–H groups in total. The van der Waals surface area contributed by atoms with Gasteiger partial charge in [-0.05, 0) is 75.2 Å². The van der Waals surface area contributed by atoms with Crippen molar-refractivity contribution in [3.63, 3.8) is 0 Å². The zero-order valence-electron chi connectivity index (χ0n) is 17.9. The summed E-state index contributed by atoms with van der Waals surface area (Å²) < 4.78 is 0. The van der Waals surface area contributed by atoms with E-state index in [0.717, 1.165) is 30.2 Å². The molecule has 0 aliphatic heterocycles. The van der Waals surface area contributed by atoms with Crippen LogP contribution in [0.3, 0.4) is 0 Å². The maximum absolute atomic E-state index is 12.6. The molecule has 0 spiro atoms. The second kappa shape index (κ2) is 8.79. The zero-order valence-corrected chi connectivity index (χ0v) is 17.9. The van der Waals surface area contributed by atoms with E-state index < -0.39 is 0 Å². The molecule has 0 saturated heterocycles. The normalized spacial score (nSPS) is 13.8. The van der Waals surface area contributed by atoms with Crippen molar-refractivity contribution in [1.82, 2.24) is 20.1 Å². The van der Waals surface area contributed by atoms with Crippen molar-refractivity contribution < 1.29 is 4.79 Å². The van der Waals surface area contributed by atoms with Crippen LogP contribution in [0.1, 0.15) is 61.3 Å². The molecule has 6 heteroatoms. The first-order valence-electron chi connectivity index (χ1n) is 10.7. The molecule has 156 valence electrons. The number of benzene rings is 2. The van der Waals surface area contributed by atoms with E-state index in [-0.39, 0.29) is 5.91 Å². The summed E-state index contributed by atoms with van der Waals surface area (Å²) in [4.78, 5) is 19.6. The smallest absolute Gasteiger partial charge is 0.255 e. The molecule has 4 rings (SSSR count). The van der Waals surface area contributed by atoms with E-state index in [2.05, 4.69) is 46.2 Å². The number of aromatic amines is 1. The number of anilines is 1. The minimum Gasteiger partial charge on any atom is -0.322 e. The highest BCUT2D eigenvalue weighted by Gasteiger charge is 2.27. The second-order valence-corrected chi connectivity index (χ2v) is 8.20. The molecule has 1 aromatic heterocycles. The Kier molecular flexibility index (Phi) is 5.95. The van der Waals surface area contributed by atoms with Gasteiger partial charge in [0.1, 0.15) is 5.82 Å². The number of hydrogen-bond donors (Lipinski definition) is 2. The minimum absolute atomic E-state index is 0.112. The lowest BCUT2D eigenvalue weighted by Gasteiger charge is -2.24. The van der Waals surface area contributed by atoms with Crippen LogP contribution in [0.2, 0.25) is 0 Å². The number of carbonyl (C=O) groups is 1. The lowest BCUT2D eigenvalue weighted by atomic mass is 10.1. The quantitative estimate of drug-likeness (QED) is 0.565. The molecule has 30 heavy (non-hydrogen) atoms. The van der Waals surface area contributed by atoms with E-state index in [1.54, 1.807) is 0 Å². The van der Waals surface area contributed by atoms with E-state index in [9.17, 15) is 4.79 Å². The van der Waals surface area contributed by atoms with Crippen LogP contribution in [0.15, 0.2) is 48.5 Å². The van der Waals surface area contributed by atoms with Crippen LogP contribution in [0.4, 0.5) is 5.69 Å². The number of aromatic nitrogens is 3. The molecular formula is C24H29N5O. The lowest BCUT2D eigenvalue weighted by molar-refractivity contribution is 0.102. The zero-order chi connectivity index (χ0) is 21.1. The highest BCUT2D eigenvalue weighted by atomic mass is 16.1. The Labute approximate surface area is 177 Å². The fourth-order valence-corrected chi connectivity index (χ4v) is 3.50. The van der Waals surface area contributed by atoms with Crippen molar-refractivity contribution in [1.29, 1.82) is 0 Å². The number of H-pyrrole nitrogens is 1. The third kappa shape index (κ3) is 4.76. The second-order valence-electron chi connectivity index (χ2n) is 8.20. The van der Waals surface area contributed by atoms with E-state index in [1.807, 2.05) is 48.5 Å². The third-order valence-corrected chi connectivity index (χ3v) is 5.61. The van der Waals surface area contributed by atoms with Gasteiger partial charge in [-0.3, -0.25) is 14.8 Å². The van der Waals surface area contributed by atoms with Crippen LogP contribution >= 0.6 is 0 Å². The number of amides is 1. The lowest BCUT2D eigenvalue weighted by Crippen LogP contribution is -2.29. The van der Waals surface area contributed by atoms with Crippen molar-refractivity contribution in [2.45, 2.75) is 52.1 Å². The van der Waals surface area contributed by atoms with Crippen molar-refractivity contribution in [3.8, 4) is 11.4 Å². The van der Waals surface area contributed by atoms with Crippen molar-refractivity contribution in [2.75, 3.05) is 11.9 Å². The highest BCUT2D eigenvalue weighted by molar-refractivity contribution is 6.04. The van der Waals surface area contributed by atoms with Crippen LogP contribution in [-0.2, 0) is 6.54 Å². The van der Waals surface area contributed by atoms with Gasteiger partial charge >= 0.3 is 0 Å². The highest BCUT2D eigenvalue weighted by Crippen LogP contribution is 2.38. The molecule has 1 aliphatic rings. The van der Waals surface area contributed by atoms with Crippen LogP contribution in [-0.4, -0.2) is 38.6 Å². The monoisotopic (exact) mass is 403 g/mol. The van der Waals surface area contributed by atoms with Gasteiger partial charge in [0.05, 0.1) is 0 Å². The van der Waals surface area contributed by atoms with E-state index in [4.69, 9.17) is 0 Å². The maximum Gasteiger partial charge on any atom is 0.255 e. The van der Waals surface area contributed by atoms with Crippen LogP contribution in [0, 0.1) is 0 Å². The first-order chi connectivity index (χ1) is 14.5. The maximum atomic E-state index is 12.6. The van der Waals surface area contributed by atoms with Crippen molar-refractivity contribution in [2.24, 2.45) is 0 Å². The van der Waals surface area contributed by atoms with Gasteiger partial charge in [-0.15, -0.1) is 0 Å². The fraction of sp³-hybridized carbons (Fsp3) is 0.375. The average molecular weight is 404 g/mol. The van der Waals surface area contributed by atoms with Gasteiger partial charge in [0, 0.05) is 35.3 Å². The molecule has 0 bridgehead atoms. The summed E-state index contributed by atoms with van der Waals surface area (Å²) in [6, 6.07) is 16.0. The van der Waals surface area contributed by atoms with Crippen LogP contribution < -0.4 is 5.32 Å². The van der Waals surface area contributed by atoms with Crippen molar-refractivity contribution >= 4 is 11.6 Å². The van der Waals surface area contributed by atoms with Gasteiger partial charge in [-0.1, -0.05) is 19.1 Å². The summed E-state index contributed by atoms with van der Waals surface area (Å²) in [5.41, 5.74) is 3.55. The minimum atomic E-state index is -0.112. The standard InChI is InChI=1S/C24H29N5O/c1-4-29(16(2)3)15-17-5-7-20(8-6-17)24(30)25-21-13-11-19(12-14-21)23-26-22(27-28-23)18-9-10-18/h5-8,11-14,16,18H,4,9-10,15H2,1-3H3,(H,25,30)(H,26,27,28). The molecule has 0 unspecified atom stereocenters. The third-order valence-electron chi connectivity index (χ3n) is 5.61. The van der Waals surface area contributed by atoms with Gasteiger partial charge in [-0.2, -0.15) is 5.10 Å². The molecular weight excluding hydrogens is 374 g/mol. The van der Waals surface area contributed by atoms with Gasteiger partial charge in [0.25, 0.3) is 5.91 Å². The first-order valence-corrected chi connectivity index (χ1v) is 10.7. The Hall–Kier alpha value is -2.99.